The van der Waals surface area contributed by atoms with Gasteiger partial charge in [0, 0.05) is 18.0 Å². The van der Waals surface area contributed by atoms with Crippen LogP contribution in [0.25, 0.3) is 0 Å². The van der Waals surface area contributed by atoms with Gasteiger partial charge in [0.15, 0.2) is 11.5 Å². The van der Waals surface area contributed by atoms with Crippen LogP contribution in [0, 0.1) is 12.3 Å². The Balaban J connectivity index is 2.02. The summed E-state index contributed by atoms with van der Waals surface area (Å²) in [6.07, 6.45) is 1.91. The highest BCUT2D eigenvalue weighted by molar-refractivity contribution is 6.08. The molecule has 5 nitrogen and oxygen atoms in total. The highest BCUT2D eigenvalue weighted by atomic mass is 16.5. The molecule has 1 unspecified atom stereocenters. The van der Waals surface area contributed by atoms with E-state index in [9.17, 15) is 4.79 Å². The van der Waals surface area contributed by atoms with E-state index >= 15 is 0 Å². The monoisotopic (exact) mass is 271 g/mol. The Bertz CT molecular complexity index is 663. The molecule has 1 fully saturated rings. The lowest BCUT2D eigenvalue weighted by atomic mass is 9.73. The number of hydrogen-bond acceptors (Lipinski definition) is 4. The van der Waals surface area contributed by atoms with Gasteiger partial charge in [-0.15, -0.1) is 0 Å². The van der Waals surface area contributed by atoms with Crippen molar-refractivity contribution in [3.8, 4) is 5.75 Å². The average molecular weight is 271 g/mol. The van der Waals surface area contributed by atoms with Crippen molar-refractivity contribution in [1.82, 2.24) is 4.90 Å². The number of nitrogens with two attached hydrogens (primary N) is 1. The second-order valence-corrected chi connectivity index (χ2v) is 6.11. The number of aliphatic imine (C=N–C) groups is 1. The molecule has 2 aliphatic heterocycles. The fraction of sp³-hybridized carbons (Fsp3) is 0.467. The number of guanidine groups is 1. The van der Waals surface area contributed by atoms with Crippen molar-refractivity contribution in [2.75, 3.05) is 13.7 Å². The Morgan fingerprint density at radius 2 is 2.15 bits per heavy atom. The van der Waals surface area contributed by atoms with Crippen LogP contribution in [0.1, 0.15) is 24.0 Å². The molecule has 0 radical (unpaired) electrons. The molecule has 3 aliphatic rings. The minimum atomic E-state index is -0.870. The molecule has 2 spiro atoms. The molecule has 2 N–H and O–H groups in total. The first kappa shape index (κ1) is 11.8. The molecule has 104 valence electrons. The van der Waals surface area contributed by atoms with Gasteiger partial charge < -0.3 is 10.5 Å². The molecule has 4 rings (SSSR count). The Hall–Kier alpha value is -2.04. The molecule has 1 saturated carbocycles. The lowest BCUT2D eigenvalue weighted by molar-refractivity contribution is -0.134. The number of carbonyl (C=O) groups is 1. The number of nitrogens with zero attached hydrogens (tertiary/aromatic N) is 2. The number of aryl methyl sites for hydroxylation is 1. The molecule has 2 heterocycles. The van der Waals surface area contributed by atoms with Crippen LogP contribution < -0.4 is 10.5 Å². The van der Waals surface area contributed by atoms with E-state index in [0.717, 1.165) is 29.7 Å². The Labute approximate surface area is 117 Å². The number of hydrogen-bond donors (Lipinski definition) is 1. The summed E-state index contributed by atoms with van der Waals surface area (Å²) in [7, 11) is 1.69. The first-order chi connectivity index (χ1) is 9.50. The Morgan fingerprint density at radius 1 is 1.40 bits per heavy atom. The molecular weight excluding hydrogens is 254 g/mol. The summed E-state index contributed by atoms with van der Waals surface area (Å²) in [6.45, 7) is 2.55. The predicted octanol–water partition coefficient (Wildman–Crippen LogP) is 1.15. The van der Waals surface area contributed by atoms with Crippen LogP contribution in [-0.4, -0.2) is 30.4 Å². The summed E-state index contributed by atoms with van der Waals surface area (Å²) < 4.78 is 5.88. The van der Waals surface area contributed by atoms with E-state index in [4.69, 9.17) is 10.5 Å². The third-order valence-electron chi connectivity index (χ3n) is 4.89. The number of ether oxygens (including phenoxy) is 1. The van der Waals surface area contributed by atoms with Crippen LogP contribution in [0.5, 0.6) is 5.75 Å². The van der Waals surface area contributed by atoms with Gasteiger partial charge in [-0.3, -0.25) is 9.69 Å². The normalized spacial score (nSPS) is 29.4. The summed E-state index contributed by atoms with van der Waals surface area (Å²) in [5.74, 6) is 1.03. The molecule has 0 bridgehead atoms. The smallest absolute Gasteiger partial charge is 0.262 e. The van der Waals surface area contributed by atoms with Crippen molar-refractivity contribution in [3.63, 3.8) is 0 Å². The summed E-state index contributed by atoms with van der Waals surface area (Å²) >= 11 is 0. The second-order valence-electron chi connectivity index (χ2n) is 6.11. The minimum Gasteiger partial charge on any atom is -0.492 e. The SMILES string of the molecule is Cc1ccc2c(c1)C1(N=C(N)N(C)C1=O)C1(CC1)CO2. The van der Waals surface area contributed by atoms with Crippen molar-refractivity contribution in [1.29, 1.82) is 0 Å². The molecule has 0 saturated heterocycles. The van der Waals surface area contributed by atoms with Gasteiger partial charge in [-0.05, 0) is 31.9 Å². The molecule has 0 aromatic heterocycles. The van der Waals surface area contributed by atoms with E-state index in [0.29, 0.717) is 12.6 Å². The van der Waals surface area contributed by atoms with Gasteiger partial charge in [0.25, 0.3) is 5.91 Å². The van der Waals surface area contributed by atoms with Gasteiger partial charge in [-0.1, -0.05) is 11.6 Å². The molecule has 1 atom stereocenters. The van der Waals surface area contributed by atoms with Crippen LogP contribution in [0.3, 0.4) is 0 Å². The van der Waals surface area contributed by atoms with E-state index < -0.39 is 5.54 Å². The number of carbonyl (C=O) groups excluding carboxylic acids is 1. The highest BCUT2D eigenvalue weighted by Crippen LogP contribution is 2.65. The van der Waals surface area contributed by atoms with E-state index in [2.05, 4.69) is 4.99 Å². The predicted molar refractivity (Wildman–Crippen MR) is 74.4 cm³/mol. The molecule has 20 heavy (non-hydrogen) atoms. The van der Waals surface area contributed by atoms with Gasteiger partial charge in [0.1, 0.15) is 5.75 Å². The van der Waals surface area contributed by atoms with Crippen LogP contribution >= 0.6 is 0 Å². The minimum absolute atomic E-state index is 0.0253. The van der Waals surface area contributed by atoms with Crippen LogP contribution in [0.2, 0.25) is 0 Å². The molecule has 1 aliphatic carbocycles. The van der Waals surface area contributed by atoms with Crippen molar-refractivity contribution in [3.05, 3.63) is 29.3 Å². The fourth-order valence-electron chi connectivity index (χ4n) is 3.48. The maximum absolute atomic E-state index is 12.9. The molecule has 5 heteroatoms. The van der Waals surface area contributed by atoms with Crippen molar-refractivity contribution < 1.29 is 9.53 Å². The standard InChI is InChI=1S/C15H17N3O2/c1-9-3-4-11-10(7-9)15(14(5-6-14)8-20-11)12(19)18(2)13(16)17-15/h3-4,7H,5-6,8H2,1-2H3,(H2,16,17). The molecular formula is C15H17N3O2. The molecule has 1 aromatic rings. The largest absolute Gasteiger partial charge is 0.492 e. The van der Waals surface area contributed by atoms with Crippen molar-refractivity contribution in [2.45, 2.75) is 25.3 Å². The average Bonchev–Trinajstić information content (AvgIpc) is 3.17. The second kappa shape index (κ2) is 3.34. The summed E-state index contributed by atoms with van der Waals surface area (Å²) in [6, 6.07) is 5.94. The van der Waals surface area contributed by atoms with E-state index in [1.165, 1.54) is 4.90 Å². The maximum Gasteiger partial charge on any atom is 0.262 e. The summed E-state index contributed by atoms with van der Waals surface area (Å²) in [5, 5.41) is 0. The van der Waals surface area contributed by atoms with Gasteiger partial charge in [-0.25, -0.2) is 4.99 Å². The topological polar surface area (TPSA) is 67.9 Å². The number of benzene rings is 1. The van der Waals surface area contributed by atoms with Crippen molar-refractivity contribution >= 4 is 11.9 Å². The van der Waals surface area contributed by atoms with E-state index in [1.807, 2.05) is 25.1 Å². The Kier molecular flexibility index (Phi) is 1.96. The van der Waals surface area contributed by atoms with Gasteiger partial charge >= 0.3 is 0 Å². The highest BCUT2D eigenvalue weighted by Gasteiger charge is 2.70. The van der Waals surface area contributed by atoms with Crippen LogP contribution in [0.15, 0.2) is 23.2 Å². The van der Waals surface area contributed by atoms with Gasteiger partial charge in [-0.2, -0.15) is 0 Å². The first-order valence-corrected chi connectivity index (χ1v) is 6.88. The number of likely N-dealkylation sites (N-methyl/N-ethyl adjacent to an activating group) is 1. The third kappa shape index (κ3) is 1.14. The zero-order valence-electron chi connectivity index (χ0n) is 11.6. The lowest BCUT2D eigenvalue weighted by Crippen LogP contribution is -2.50. The van der Waals surface area contributed by atoms with E-state index in [1.54, 1.807) is 7.05 Å². The van der Waals surface area contributed by atoms with Crippen LogP contribution in [-0.2, 0) is 10.3 Å². The summed E-state index contributed by atoms with van der Waals surface area (Å²) in [4.78, 5) is 19.0. The Morgan fingerprint density at radius 3 is 2.75 bits per heavy atom. The zero-order chi connectivity index (χ0) is 14.1. The summed E-state index contributed by atoms with van der Waals surface area (Å²) in [5.41, 5.74) is 6.83. The van der Waals surface area contributed by atoms with Crippen molar-refractivity contribution in [2.24, 2.45) is 16.1 Å². The molecule has 1 aromatic carbocycles. The van der Waals surface area contributed by atoms with E-state index in [-0.39, 0.29) is 11.3 Å². The quantitative estimate of drug-likeness (QED) is 0.769. The third-order valence-corrected chi connectivity index (χ3v) is 4.89. The van der Waals surface area contributed by atoms with Gasteiger partial charge in [0.05, 0.1) is 6.61 Å². The first-order valence-electron chi connectivity index (χ1n) is 6.88. The number of rotatable bonds is 0. The molecule has 1 amide bonds. The maximum atomic E-state index is 12.9. The number of amides is 1. The van der Waals surface area contributed by atoms with Crippen LogP contribution in [0.4, 0.5) is 0 Å². The fourth-order valence-corrected chi connectivity index (χ4v) is 3.48. The number of fused-ring (bicyclic) bond motifs is 3. The zero-order valence-corrected chi connectivity index (χ0v) is 11.6. The van der Waals surface area contributed by atoms with Gasteiger partial charge in [0.2, 0.25) is 0 Å². The lowest BCUT2D eigenvalue weighted by Gasteiger charge is -2.39.